The van der Waals surface area contributed by atoms with Crippen LogP contribution in [0, 0.1) is 0 Å². The number of fused-ring (bicyclic) bond motifs is 1. The van der Waals surface area contributed by atoms with Gasteiger partial charge in [-0.15, -0.1) is 10.2 Å². The lowest BCUT2D eigenvalue weighted by molar-refractivity contribution is 0.0665. The first kappa shape index (κ1) is 14.5. The molecule has 3 aromatic rings. The number of carbonyl (C=O) groups is 2. The first-order valence-corrected chi connectivity index (χ1v) is 6.53. The van der Waals surface area contributed by atoms with E-state index in [1.54, 1.807) is 18.2 Å². The molecule has 0 unspecified atom stereocenters. The molecule has 0 aliphatic heterocycles. The summed E-state index contributed by atoms with van der Waals surface area (Å²) >= 11 is 0. The molecular formula is C15H11N3O5. The van der Waals surface area contributed by atoms with Gasteiger partial charge in [-0.1, -0.05) is 0 Å². The highest BCUT2D eigenvalue weighted by Crippen LogP contribution is 2.23. The zero-order valence-electron chi connectivity index (χ0n) is 11.9. The number of amides is 1. The van der Waals surface area contributed by atoms with Crippen LogP contribution in [0.25, 0.3) is 11.0 Å². The SMILES string of the molecule is COc1ccc(C(=O)Nc2ccc3oc(C(=O)O)cc3c2)nn1. The van der Waals surface area contributed by atoms with E-state index in [1.807, 2.05) is 0 Å². The average Bonchev–Trinajstić information content (AvgIpc) is 2.98. The minimum Gasteiger partial charge on any atom is -0.480 e. The van der Waals surface area contributed by atoms with Gasteiger partial charge in [0.1, 0.15) is 5.58 Å². The van der Waals surface area contributed by atoms with Crippen molar-refractivity contribution in [1.82, 2.24) is 10.2 Å². The number of aromatic carboxylic acids is 1. The molecule has 0 atom stereocenters. The second-order valence-electron chi connectivity index (χ2n) is 4.58. The third-order valence-corrected chi connectivity index (χ3v) is 3.07. The number of carboxylic acid groups (broad SMARTS) is 1. The second kappa shape index (κ2) is 5.76. The van der Waals surface area contributed by atoms with E-state index >= 15 is 0 Å². The van der Waals surface area contributed by atoms with Gasteiger partial charge in [-0.2, -0.15) is 0 Å². The average molecular weight is 313 g/mol. The van der Waals surface area contributed by atoms with Crippen molar-refractivity contribution >= 4 is 28.5 Å². The van der Waals surface area contributed by atoms with Gasteiger partial charge in [0, 0.05) is 17.1 Å². The molecule has 2 heterocycles. The highest BCUT2D eigenvalue weighted by molar-refractivity contribution is 6.04. The molecule has 0 aliphatic carbocycles. The number of rotatable bonds is 4. The van der Waals surface area contributed by atoms with Gasteiger partial charge in [0.25, 0.3) is 5.91 Å². The van der Waals surface area contributed by atoms with Crippen LogP contribution in [0.2, 0.25) is 0 Å². The number of methoxy groups -OCH3 is 1. The molecule has 23 heavy (non-hydrogen) atoms. The quantitative estimate of drug-likeness (QED) is 0.758. The highest BCUT2D eigenvalue weighted by Gasteiger charge is 2.13. The summed E-state index contributed by atoms with van der Waals surface area (Å²) in [6.07, 6.45) is 0. The topological polar surface area (TPSA) is 115 Å². The summed E-state index contributed by atoms with van der Waals surface area (Å²) in [6, 6.07) is 9.20. The molecule has 1 aromatic carbocycles. The van der Waals surface area contributed by atoms with E-state index in [4.69, 9.17) is 14.3 Å². The molecule has 0 spiro atoms. The van der Waals surface area contributed by atoms with Crippen LogP contribution in [-0.2, 0) is 0 Å². The Morgan fingerprint density at radius 1 is 1.17 bits per heavy atom. The minimum absolute atomic E-state index is 0.129. The Kier molecular flexibility index (Phi) is 3.63. The summed E-state index contributed by atoms with van der Waals surface area (Å²) in [7, 11) is 1.45. The Balaban J connectivity index is 1.82. The fourth-order valence-corrected chi connectivity index (χ4v) is 1.97. The van der Waals surface area contributed by atoms with Crippen LogP contribution in [0.4, 0.5) is 5.69 Å². The minimum atomic E-state index is -1.15. The number of nitrogens with one attached hydrogen (secondary N) is 1. The summed E-state index contributed by atoms with van der Waals surface area (Å²) in [5, 5.41) is 19.6. The fourth-order valence-electron chi connectivity index (χ4n) is 1.97. The van der Waals surface area contributed by atoms with E-state index in [0.29, 0.717) is 22.5 Å². The molecule has 116 valence electrons. The standard InChI is InChI=1S/C15H11N3O5/c1-22-13-5-3-10(17-18-13)14(19)16-9-2-4-11-8(6-9)7-12(23-11)15(20)21/h2-7H,1H3,(H,16,19)(H,20,21). The summed E-state index contributed by atoms with van der Waals surface area (Å²) in [4.78, 5) is 23.0. The van der Waals surface area contributed by atoms with E-state index in [1.165, 1.54) is 25.3 Å². The fraction of sp³-hybridized carbons (Fsp3) is 0.0667. The summed E-state index contributed by atoms with van der Waals surface area (Å²) in [5.41, 5.74) is 1.03. The molecule has 8 nitrogen and oxygen atoms in total. The van der Waals surface area contributed by atoms with Crippen LogP contribution in [0.3, 0.4) is 0 Å². The normalized spacial score (nSPS) is 10.5. The van der Waals surface area contributed by atoms with Crippen molar-refractivity contribution in [3.8, 4) is 5.88 Å². The van der Waals surface area contributed by atoms with Crippen LogP contribution in [0.15, 0.2) is 40.8 Å². The van der Waals surface area contributed by atoms with Gasteiger partial charge in [-0.25, -0.2) is 4.79 Å². The van der Waals surface area contributed by atoms with Gasteiger partial charge in [-0.3, -0.25) is 4.79 Å². The molecule has 0 radical (unpaired) electrons. The largest absolute Gasteiger partial charge is 0.480 e. The van der Waals surface area contributed by atoms with Crippen molar-refractivity contribution in [3.63, 3.8) is 0 Å². The maximum Gasteiger partial charge on any atom is 0.371 e. The number of furan rings is 1. The van der Waals surface area contributed by atoms with E-state index in [2.05, 4.69) is 15.5 Å². The van der Waals surface area contributed by atoms with E-state index in [0.717, 1.165) is 0 Å². The van der Waals surface area contributed by atoms with Crippen LogP contribution >= 0.6 is 0 Å². The van der Waals surface area contributed by atoms with E-state index in [9.17, 15) is 9.59 Å². The number of ether oxygens (including phenoxy) is 1. The van der Waals surface area contributed by atoms with Gasteiger partial charge in [-0.05, 0) is 30.3 Å². The molecular weight excluding hydrogens is 302 g/mol. The number of hydrogen-bond donors (Lipinski definition) is 2. The lowest BCUT2D eigenvalue weighted by atomic mass is 10.2. The Labute approximate surface area is 129 Å². The Hall–Kier alpha value is -3.42. The van der Waals surface area contributed by atoms with Gasteiger partial charge in [0.2, 0.25) is 11.6 Å². The summed E-state index contributed by atoms with van der Waals surface area (Å²) in [6.45, 7) is 0. The zero-order valence-corrected chi connectivity index (χ0v) is 11.9. The molecule has 2 aromatic heterocycles. The van der Waals surface area contributed by atoms with Crippen LogP contribution in [0.1, 0.15) is 21.0 Å². The van der Waals surface area contributed by atoms with Crippen molar-refractivity contribution in [2.75, 3.05) is 12.4 Å². The number of anilines is 1. The Bertz CT molecular complexity index is 886. The number of nitrogens with zero attached hydrogens (tertiary/aromatic N) is 2. The van der Waals surface area contributed by atoms with E-state index in [-0.39, 0.29) is 11.5 Å². The van der Waals surface area contributed by atoms with Crippen molar-refractivity contribution < 1.29 is 23.8 Å². The Morgan fingerprint density at radius 3 is 2.65 bits per heavy atom. The van der Waals surface area contributed by atoms with Crippen LogP contribution < -0.4 is 10.1 Å². The summed E-state index contributed by atoms with van der Waals surface area (Å²) < 4.78 is 10.0. The molecule has 0 aliphatic rings. The maximum atomic E-state index is 12.1. The van der Waals surface area contributed by atoms with Gasteiger partial charge >= 0.3 is 5.97 Å². The molecule has 8 heteroatoms. The number of benzene rings is 1. The van der Waals surface area contributed by atoms with Crippen molar-refractivity contribution in [2.24, 2.45) is 0 Å². The zero-order chi connectivity index (χ0) is 16.4. The number of aromatic nitrogens is 2. The molecule has 0 fully saturated rings. The summed E-state index contributed by atoms with van der Waals surface area (Å²) in [5.74, 6) is -1.45. The van der Waals surface area contributed by atoms with Crippen LogP contribution in [-0.4, -0.2) is 34.3 Å². The highest BCUT2D eigenvalue weighted by atomic mass is 16.5. The lowest BCUT2D eigenvalue weighted by Crippen LogP contribution is -2.14. The first-order chi connectivity index (χ1) is 11.1. The smallest absolute Gasteiger partial charge is 0.371 e. The number of carbonyl (C=O) groups excluding carboxylic acids is 1. The van der Waals surface area contributed by atoms with Gasteiger partial charge in [0.05, 0.1) is 7.11 Å². The predicted octanol–water partition coefficient (Wildman–Crippen LogP) is 2.18. The number of carboxylic acids is 1. The van der Waals surface area contributed by atoms with Gasteiger partial charge in [0.15, 0.2) is 5.69 Å². The van der Waals surface area contributed by atoms with E-state index < -0.39 is 11.9 Å². The Morgan fingerprint density at radius 2 is 2.00 bits per heavy atom. The molecule has 3 rings (SSSR count). The van der Waals surface area contributed by atoms with Crippen molar-refractivity contribution in [2.45, 2.75) is 0 Å². The second-order valence-corrected chi connectivity index (χ2v) is 4.58. The molecule has 0 saturated heterocycles. The molecule has 0 saturated carbocycles. The van der Waals surface area contributed by atoms with Gasteiger partial charge < -0.3 is 19.6 Å². The lowest BCUT2D eigenvalue weighted by Gasteiger charge is -2.04. The molecule has 0 bridgehead atoms. The third kappa shape index (κ3) is 2.95. The predicted molar refractivity (Wildman–Crippen MR) is 79.7 cm³/mol. The van der Waals surface area contributed by atoms with Crippen LogP contribution in [0.5, 0.6) is 5.88 Å². The first-order valence-electron chi connectivity index (χ1n) is 6.53. The maximum absolute atomic E-state index is 12.1. The van der Waals surface area contributed by atoms with Crippen molar-refractivity contribution in [1.29, 1.82) is 0 Å². The molecule has 2 N–H and O–H groups in total. The monoisotopic (exact) mass is 313 g/mol. The third-order valence-electron chi connectivity index (χ3n) is 3.07. The number of hydrogen-bond acceptors (Lipinski definition) is 6. The molecule has 1 amide bonds. The van der Waals surface area contributed by atoms with Crippen molar-refractivity contribution in [3.05, 3.63) is 47.9 Å².